The molecule has 0 heterocycles. The van der Waals surface area contributed by atoms with Gasteiger partial charge in [-0.05, 0) is 54.4 Å². The molecule has 0 aromatic carbocycles. The first-order valence-corrected chi connectivity index (χ1v) is 7.55. The zero-order chi connectivity index (χ0) is 14.4. The normalized spacial score (nSPS) is 10.4. The zero-order valence-corrected chi connectivity index (χ0v) is 13.5. The Morgan fingerprint density at radius 1 is 1.11 bits per heavy atom. The van der Waals surface area contributed by atoms with Gasteiger partial charge < -0.3 is 0 Å². The van der Waals surface area contributed by atoms with Crippen molar-refractivity contribution in [2.24, 2.45) is 0 Å². The van der Waals surface area contributed by atoms with Gasteiger partial charge >= 0.3 is 8.25 Å². The molecule has 0 aliphatic carbocycles. The van der Waals surface area contributed by atoms with E-state index in [9.17, 15) is 4.57 Å². The summed E-state index contributed by atoms with van der Waals surface area (Å²) < 4.78 is 19.5. The summed E-state index contributed by atoms with van der Waals surface area (Å²) in [6.45, 7) is 13.0. The second kappa shape index (κ2) is 14.6. The number of rotatable bonds is 7. The zero-order valence-electron chi connectivity index (χ0n) is 12.7. The van der Waals surface area contributed by atoms with Crippen LogP contribution in [0.15, 0.2) is 23.3 Å². The lowest BCUT2D eigenvalue weighted by atomic mass is 10.1. The van der Waals surface area contributed by atoms with Crippen LogP contribution < -0.4 is 0 Å². The van der Waals surface area contributed by atoms with Crippen LogP contribution in [0.2, 0.25) is 0 Å². The van der Waals surface area contributed by atoms with Gasteiger partial charge in [0.25, 0.3) is 0 Å². The second-order valence-corrected chi connectivity index (χ2v) is 4.98. The summed E-state index contributed by atoms with van der Waals surface area (Å²) in [7, 11) is -1.83. The van der Waals surface area contributed by atoms with E-state index in [4.69, 9.17) is 0 Å². The average Bonchev–Trinajstić information content (AvgIpc) is 2.30. The van der Waals surface area contributed by atoms with Crippen molar-refractivity contribution in [3.63, 3.8) is 0 Å². The molecule has 0 spiro atoms. The van der Waals surface area contributed by atoms with E-state index >= 15 is 0 Å². The van der Waals surface area contributed by atoms with E-state index in [1.807, 2.05) is 0 Å². The van der Waals surface area contributed by atoms with Gasteiger partial charge in [0, 0.05) is 4.57 Å². The van der Waals surface area contributed by atoms with Crippen LogP contribution in [0.4, 0.5) is 0 Å². The fraction of sp³-hybridized carbons (Fsp3) is 0.714. The summed E-state index contributed by atoms with van der Waals surface area (Å²) >= 11 is 0. The Labute approximate surface area is 113 Å². The Bertz CT molecular complexity index is 258. The van der Waals surface area contributed by atoms with Crippen molar-refractivity contribution in [3.05, 3.63) is 23.3 Å². The van der Waals surface area contributed by atoms with Gasteiger partial charge in [-0.15, -0.1) is 9.05 Å². The summed E-state index contributed by atoms with van der Waals surface area (Å²) in [5, 5.41) is 0. The number of hydrogen-bond donors (Lipinski definition) is 0. The monoisotopic (exact) mass is 275 g/mol. The van der Waals surface area contributed by atoms with Crippen LogP contribution in [-0.2, 0) is 13.6 Å². The van der Waals surface area contributed by atoms with Crippen molar-refractivity contribution in [1.82, 2.24) is 0 Å². The summed E-state index contributed by atoms with van der Waals surface area (Å²) in [5.74, 6) is 0. The van der Waals surface area contributed by atoms with E-state index in [2.05, 4.69) is 48.9 Å². The Morgan fingerprint density at radius 2 is 1.61 bits per heavy atom. The molecule has 0 bridgehead atoms. The largest absolute Gasteiger partial charge is 0.697 e. The van der Waals surface area contributed by atoms with Gasteiger partial charge in [0.2, 0.25) is 0 Å². The highest BCUT2D eigenvalue weighted by atomic mass is 31.1. The molecule has 4 heteroatoms. The van der Waals surface area contributed by atoms with E-state index < -0.39 is 8.25 Å². The van der Waals surface area contributed by atoms with Crippen LogP contribution in [0.3, 0.4) is 0 Å². The Hall–Kier alpha value is -0.500. The summed E-state index contributed by atoms with van der Waals surface area (Å²) in [6, 6.07) is 0. The predicted molar refractivity (Wildman–Crippen MR) is 79.0 cm³/mol. The Balaban J connectivity index is 0. The highest BCUT2D eigenvalue weighted by Crippen LogP contribution is 2.21. The van der Waals surface area contributed by atoms with E-state index in [1.165, 1.54) is 24.0 Å². The maximum Gasteiger partial charge on any atom is 0.697 e. The Morgan fingerprint density at radius 3 is 1.94 bits per heavy atom. The third-order valence-corrected chi connectivity index (χ3v) is 2.99. The molecule has 0 N–H and O–H groups in total. The van der Waals surface area contributed by atoms with Crippen LogP contribution in [-0.4, -0.2) is 13.2 Å². The molecule has 3 nitrogen and oxygen atoms in total. The Kier molecular flexibility index (Phi) is 16.0. The molecule has 0 unspecified atom stereocenters. The molecule has 0 rings (SSSR count). The minimum absolute atomic E-state index is 0.440. The van der Waals surface area contributed by atoms with Crippen LogP contribution in [0.1, 0.15) is 54.4 Å². The molecular formula is C14H28O3P+. The molecule has 0 aliphatic heterocycles. The van der Waals surface area contributed by atoms with E-state index in [1.54, 1.807) is 13.8 Å². The third-order valence-electron chi connectivity index (χ3n) is 2.05. The van der Waals surface area contributed by atoms with E-state index in [0.717, 1.165) is 0 Å². The minimum Gasteiger partial charge on any atom is -0.119 e. The van der Waals surface area contributed by atoms with Crippen molar-refractivity contribution in [2.45, 2.75) is 54.4 Å². The topological polar surface area (TPSA) is 35.5 Å². The number of hydrogen-bond acceptors (Lipinski definition) is 3. The molecule has 0 aliphatic rings. The van der Waals surface area contributed by atoms with Gasteiger partial charge in [0.1, 0.15) is 13.2 Å². The van der Waals surface area contributed by atoms with E-state index in [-0.39, 0.29) is 0 Å². The SMILES string of the molecule is C/C=C(\C)CCC=C(C)C.CCO[P+](=O)OCC. The van der Waals surface area contributed by atoms with Gasteiger partial charge in [-0.3, -0.25) is 0 Å². The van der Waals surface area contributed by atoms with Crippen molar-refractivity contribution < 1.29 is 13.6 Å². The molecule has 0 amide bonds. The highest BCUT2D eigenvalue weighted by Gasteiger charge is 2.15. The molecule has 106 valence electrons. The van der Waals surface area contributed by atoms with Gasteiger partial charge in [0.05, 0.1) is 0 Å². The van der Waals surface area contributed by atoms with Crippen LogP contribution in [0.5, 0.6) is 0 Å². The van der Waals surface area contributed by atoms with Gasteiger partial charge in [-0.25, -0.2) is 0 Å². The first-order chi connectivity index (χ1) is 8.47. The third kappa shape index (κ3) is 17.9. The average molecular weight is 275 g/mol. The molecule has 0 radical (unpaired) electrons. The minimum atomic E-state index is -1.83. The molecule has 0 atom stereocenters. The molecule has 0 saturated carbocycles. The molecule has 18 heavy (non-hydrogen) atoms. The summed E-state index contributed by atoms with van der Waals surface area (Å²) in [6.07, 6.45) is 6.87. The van der Waals surface area contributed by atoms with Crippen molar-refractivity contribution in [1.29, 1.82) is 0 Å². The van der Waals surface area contributed by atoms with Gasteiger partial charge in [0.15, 0.2) is 0 Å². The van der Waals surface area contributed by atoms with Crippen molar-refractivity contribution in [3.8, 4) is 0 Å². The maximum atomic E-state index is 10.3. The second-order valence-electron chi connectivity index (χ2n) is 4.01. The number of allylic oxidation sites excluding steroid dienone is 4. The van der Waals surface area contributed by atoms with Crippen molar-refractivity contribution >= 4 is 8.25 Å². The first kappa shape index (κ1) is 19.8. The maximum absolute atomic E-state index is 10.3. The molecule has 0 saturated heterocycles. The first-order valence-electron chi connectivity index (χ1n) is 6.46. The van der Waals surface area contributed by atoms with Crippen molar-refractivity contribution in [2.75, 3.05) is 13.2 Å². The van der Waals surface area contributed by atoms with E-state index in [0.29, 0.717) is 13.2 Å². The van der Waals surface area contributed by atoms with Gasteiger partial charge in [-0.1, -0.05) is 23.3 Å². The molecule has 0 aromatic rings. The molecule has 0 aromatic heterocycles. The summed E-state index contributed by atoms with van der Waals surface area (Å²) in [5.41, 5.74) is 2.90. The lowest BCUT2D eigenvalue weighted by molar-refractivity contribution is 0.243. The standard InChI is InChI=1S/C10H18.C4H10O3P/c1-5-10(4)8-6-7-9(2)3;1-3-6-8(5)7-4-2/h5,7H,6,8H2,1-4H3;3-4H2,1-2H3/q;+1/b10-5+;. The van der Waals surface area contributed by atoms with Gasteiger partial charge in [-0.2, -0.15) is 0 Å². The lowest BCUT2D eigenvalue weighted by Crippen LogP contribution is -1.81. The lowest BCUT2D eigenvalue weighted by Gasteiger charge is -1.95. The smallest absolute Gasteiger partial charge is 0.119 e. The van der Waals surface area contributed by atoms with Crippen LogP contribution in [0, 0.1) is 0 Å². The highest BCUT2D eigenvalue weighted by molar-refractivity contribution is 7.33. The fourth-order valence-corrected chi connectivity index (χ4v) is 1.48. The summed E-state index contributed by atoms with van der Waals surface area (Å²) in [4.78, 5) is 0. The fourth-order valence-electron chi connectivity index (χ4n) is 0.981. The van der Waals surface area contributed by atoms with Crippen LogP contribution >= 0.6 is 8.25 Å². The van der Waals surface area contributed by atoms with Crippen LogP contribution in [0.25, 0.3) is 0 Å². The molecular weight excluding hydrogens is 247 g/mol. The predicted octanol–water partition coefficient (Wildman–Crippen LogP) is 5.42. The molecule has 0 fully saturated rings. The quantitative estimate of drug-likeness (QED) is 0.460.